The van der Waals surface area contributed by atoms with Gasteiger partial charge in [-0.2, -0.15) is 0 Å². The maximum Gasteiger partial charge on any atom is 0.212 e. The first kappa shape index (κ1) is 15.9. The lowest BCUT2D eigenvalue weighted by atomic mass is 10.1. The molecule has 0 aliphatic rings. The first-order valence-corrected chi connectivity index (χ1v) is 7.87. The van der Waals surface area contributed by atoms with Crippen LogP contribution in [0.5, 0.6) is 0 Å². The van der Waals surface area contributed by atoms with Crippen LogP contribution in [-0.4, -0.2) is 33.3 Å². The molecule has 1 unspecified atom stereocenters. The Hall–Kier alpha value is -0.130. The summed E-state index contributed by atoms with van der Waals surface area (Å²) in [6, 6.07) is 0.406. The van der Waals surface area contributed by atoms with Crippen molar-refractivity contribution in [1.82, 2.24) is 10.0 Å². The summed E-state index contributed by atoms with van der Waals surface area (Å²) >= 11 is 0. The molecule has 16 heavy (non-hydrogen) atoms. The highest BCUT2D eigenvalue weighted by molar-refractivity contribution is 7.89. The topological polar surface area (TPSA) is 58.2 Å². The van der Waals surface area contributed by atoms with Crippen LogP contribution in [0.25, 0.3) is 0 Å². The molecule has 0 saturated heterocycles. The van der Waals surface area contributed by atoms with Crippen molar-refractivity contribution in [3.8, 4) is 0 Å². The Morgan fingerprint density at radius 2 is 1.88 bits per heavy atom. The van der Waals surface area contributed by atoms with Gasteiger partial charge >= 0.3 is 0 Å². The number of nitrogens with one attached hydrogen (secondary N) is 2. The van der Waals surface area contributed by atoms with Gasteiger partial charge in [-0.15, -0.1) is 0 Å². The van der Waals surface area contributed by atoms with Gasteiger partial charge in [-0.1, -0.05) is 33.1 Å². The minimum Gasteiger partial charge on any atom is -0.313 e. The molecule has 0 rings (SSSR count). The number of sulfonamides is 1. The summed E-state index contributed by atoms with van der Waals surface area (Å²) in [4.78, 5) is 0. The van der Waals surface area contributed by atoms with Crippen LogP contribution in [0.2, 0.25) is 0 Å². The Bertz CT molecular complexity index is 253. The van der Waals surface area contributed by atoms with Crippen LogP contribution in [0.15, 0.2) is 0 Å². The van der Waals surface area contributed by atoms with Crippen LogP contribution in [0.4, 0.5) is 0 Å². The van der Waals surface area contributed by atoms with Gasteiger partial charge in [-0.25, -0.2) is 13.1 Å². The van der Waals surface area contributed by atoms with E-state index in [1.165, 1.54) is 19.3 Å². The van der Waals surface area contributed by atoms with E-state index in [1.54, 1.807) is 6.92 Å². The zero-order valence-corrected chi connectivity index (χ0v) is 11.6. The SMILES string of the molecule is CCCCCC(C)NCCS(=O)(=O)NCC. The molecule has 0 radical (unpaired) electrons. The quantitative estimate of drug-likeness (QED) is 0.577. The van der Waals surface area contributed by atoms with E-state index in [-0.39, 0.29) is 5.75 Å². The molecule has 4 nitrogen and oxygen atoms in total. The molecule has 0 aliphatic heterocycles. The van der Waals surface area contributed by atoms with Crippen molar-refractivity contribution < 1.29 is 8.42 Å². The van der Waals surface area contributed by atoms with Crippen molar-refractivity contribution >= 4 is 10.0 Å². The molecule has 0 bridgehead atoms. The highest BCUT2D eigenvalue weighted by atomic mass is 32.2. The summed E-state index contributed by atoms with van der Waals surface area (Å²) in [7, 11) is -3.06. The summed E-state index contributed by atoms with van der Waals surface area (Å²) in [5.41, 5.74) is 0. The summed E-state index contributed by atoms with van der Waals surface area (Å²) in [6.45, 7) is 7.08. The number of hydrogen-bond acceptors (Lipinski definition) is 3. The molecular weight excluding hydrogens is 224 g/mol. The van der Waals surface area contributed by atoms with E-state index < -0.39 is 10.0 Å². The first-order valence-electron chi connectivity index (χ1n) is 6.22. The third-order valence-corrected chi connectivity index (χ3v) is 3.94. The largest absolute Gasteiger partial charge is 0.313 e. The second kappa shape index (κ2) is 8.96. The van der Waals surface area contributed by atoms with Crippen LogP contribution in [-0.2, 0) is 10.0 Å². The number of unbranched alkanes of at least 4 members (excludes halogenated alkanes) is 2. The maximum absolute atomic E-state index is 11.3. The van der Waals surface area contributed by atoms with E-state index in [9.17, 15) is 8.42 Å². The van der Waals surface area contributed by atoms with Gasteiger partial charge in [0.2, 0.25) is 10.0 Å². The minimum absolute atomic E-state index is 0.166. The van der Waals surface area contributed by atoms with Crippen molar-refractivity contribution in [3.05, 3.63) is 0 Å². The molecule has 0 aromatic heterocycles. The Balaban J connectivity index is 3.57. The Morgan fingerprint density at radius 1 is 1.19 bits per heavy atom. The van der Waals surface area contributed by atoms with Crippen molar-refractivity contribution in [2.24, 2.45) is 0 Å². The molecule has 2 N–H and O–H groups in total. The normalized spacial score (nSPS) is 13.9. The zero-order chi connectivity index (χ0) is 12.4. The average Bonchev–Trinajstić information content (AvgIpc) is 2.17. The van der Waals surface area contributed by atoms with E-state index in [4.69, 9.17) is 0 Å². The summed E-state index contributed by atoms with van der Waals surface area (Å²) in [5, 5.41) is 3.24. The summed E-state index contributed by atoms with van der Waals surface area (Å²) in [6.07, 6.45) is 4.81. The van der Waals surface area contributed by atoms with Crippen molar-refractivity contribution in [1.29, 1.82) is 0 Å². The third-order valence-electron chi connectivity index (χ3n) is 2.47. The summed E-state index contributed by atoms with van der Waals surface area (Å²) < 4.78 is 25.1. The average molecular weight is 250 g/mol. The lowest BCUT2D eigenvalue weighted by Crippen LogP contribution is -2.35. The highest BCUT2D eigenvalue weighted by Crippen LogP contribution is 2.02. The Morgan fingerprint density at radius 3 is 2.44 bits per heavy atom. The van der Waals surface area contributed by atoms with E-state index in [0.29, 0.717) is 19.1 Å². The fraction of sp³-hybridized carbons (Fsp3) is 1.00. The standard InChI is InChI=1S/C11H26N2O2S/c1-4-6-7-8-11(3)12-9-10-16(14,15)13-5-2/h11-13H,4-10H2,1-3H3. The lowest BCUT2D eigenvalue weighted by Gasteiger charge is -2.13. The van der Waals surface area contributed by atoms with E-state index >= 15 is 0 Å². The molecule has 0 heterocycles. The maximum atomic E-state index is 11.3. The number of hydrogen-bond donors (Lipinski definition) is 2. The molecule has 0 amide bonds. The molecular formula is C11H26N2O2S. The van der Waals surface area contributed by atoms with Crippen LogP contribution in [0.3, 0.4) is 0 Å². The summed E-state index contributed by atoms with van der Waals surface area (Å²) in [5.74, 6) is 0.166. The first-order chi connectivity index (χ1) is 7.52. The molecule has 0 saturated carbocycles. The highest BCUT2D eigenvalue weighted by Gasteiger charge is 2.08. The predicted molar refractivity (Wildman–Crippen MR) is 69.1 cm³/mol. The second-order valence-electron chi connectivity index (χ2n) is 4.17. The van der Waals surface area contributed by atoms with Crippen LogP contribution in [0.1, 0.15) is 46.5 Å². The molecule has 0 aromatic carbocycles. The van der Waals surface area contributed by atoms with Crippen LogP contribution >= 0.6 is 0 Å². The predicted octanol–water partition coefficient (Wildman–Crippen LogP) is 1.48. The Labute approximate surface area is 100 Å². The van der Waals surface area contributed by atoms with E-state index in [1.807, 2.05) is 0 Å². The van der Waals surface area contributed by atoms with Gasteiger partial charge in [0, 0.05) is 19.1 Å². The van der Waals surface area contributed by atoms with E-state index in [2.05, 4.69) is 23.9 Å². The van der Waals surface area contributed by atoms with Crippen molar-refractivity contribution in [2.45, 2.75) is 52.5 Å². The van der Waals surface area contributed by atoms with E-state index in [0.717, 1.165) is 6.42 Å². The fourth-order valence-corrected chi connectivity index (χ4v) is 2.51. The third kappa shape index (κ3) is 9.12. The monoisotopic (exact) mass is 250 g/mol. The van der Waals surface area contributed by atoms with Gasteiger partial charge in [-0.3, -0.25) is 0 Å². The molecule has 0 fully saturated rings. The van der Waals surface area contributed by atoms with Gasteiger partial charge < -0.3 is 5.32 Å². The molecule has 0 aliphatic carbocycles. The second-order valence-corrected chi connectivity index (χ2v) is 6.09. The molecule has 5 heteroatoms. The van der Waals surface area contributed by atoms with Crippen LogP contribution in [0, 0.1) is 0 Å². The lowest BCUT2D eigenvalue weighted by molar-refractivity contribution is 0.497. The molecule has 0 spiro atoms. The van der Waals surface area contributed by atoms with Gasteiger partial charge in [0.05, 0.1) is 5.75 Å². The smallest absolute Gasteiger partial charge is 0.212 e. The van der Waals surface area contributed by atoms with Crippen molar-refractivity contribution in [2.75, 3.05) is 18.8 Å². The molecule has 1 atom stereocenters. The van der Waals surface area contributed by atoms with Gasteiger partial charge in [0.25, 0.3) is 0 Å². The number of rotatable bonds is 10. The molecule has 98 valence electrons. The van der Waals surface area contributed by atoms with Gasteiger partial charge in [-0.05, 0) is 13.3 Å². The fourth-order valence-electron chi connectivity index (χ4n) is 1.53. The van der Waals surface area contributed by atoms with Gasteiger partial charge in [0.1, 0.15) is 0 Å². The van der Waals surface area contributed by atoms with Crippen LogP contribution < -0.4 is 10.0 Å². The molecule has 0 aromatic rings. The Kier molecular flexibility index (Phi) is 8.89. The van der Waals surface area contributed by atoms with Crippen molar-refractivity contribution in [3.63, 3.8) is 0 Å². The zero-order valence-electron chi connectivity index (χ0n) is 10.8. The minimum atomic E-state index is -3.06. The van der Waals surface area contributed by atoms with Gasteiger partial charge in [0.15, 0.2) is 0 Å².